The maximum Gasteiger partial charge on any atom is 0.153 e. The highest BCUT2D eigenvalue weighted by Crippen LogP contribution is 2.37. The van der Waals surface area contributed by atoms with Gasteiger partial charge in [-0.05, 0) is 44.7 Å². The first-order chi connectivity index (χ1) is 14.7. The Kier molecular flexibility index (Phi) is 4.97. The van der Waals surface area contributed by atoms with Crippen LogP contribution in [0.4, 0.5) is 17.5 Å². The summed E-state index contributed by atoms with van der Waals surface area (Å²) in [6.45, 7) is 2.87. The summed E-state index contributed by atoms with van der Waals surface area (Å²) in [7, 11) is 0. The van der Waals surface area contributed by atoms with Crippen molar-refractivity contribution in [3.05, 3.63) is 36.2 Å². The number of hydrogen-bond acceptors (Lipinski definition) is 7. The van der Waals surface area contributed by atoms with Crippen molar-refractivity contribution < 1.29 is 0 Å². The molecule has 2 aliphatic heterocycles. The van der Waals surface area contributed by atoms with Gasteiger partial charge in [0.2, 0.25) is 0 Å². The third-order valence-electron chi connectivity index (χ3n) is 6.27. The van der Waals surface area contributed by atoms with Crippen LogP contribution in [0.3, 0.4) is 0 Å². The molecule has 0 aliphatic carbocycles. The number of nitrogens with zero attached hydrogens (tertiary/aromatic N) is 5. The van der Waals surface area contributed by atoms with E-state index in [-0.39, 0.29) is 0 Å². The average Bonchev–Trinajstić information content (AvgIpc) is 3.25. The number of piperidine rings is 1. The third-order valence-corrected chi connectivity index (χ3v) is 6.27. The van der Waals surface area contributed by atoms with Gasteiger partial charge in [0.1, 0.15) is 11.6 Å². The van der Waals surface area contributed by atoms with Crippen molar-refractivity contribution in [2.75, 3.05) is 17.2 Å². The van der Waals surface area contributed by atoms with Crippen LogP contribution in [-0.4, -0.2) is 49.7 Å². The maximum atomic E-state index is 8.94. The highest BCUT2D eigenvalue weighted by Gasteiger charge is 2.40. The molecular weight excluding hydrogens is 376 g/mol. The molecule has 0 radical (unpaired) electrons. The number of aromatic amines is 1. The fourth-order valence-electron chi connectivity index (χ4n) is 4.99. The number of pyridine rings is 2. The summed E-state index contributed by atoms with van der Waals surface area (Å²) < 4.78 is 0. The number of anilines is 3. The Labute approximate surface area is 175 Å². The van der Waals surface area contributed by atoms with Crippen LogP contribution in [0.5, 0.6) is 0 Å². The van der Waals surface area contributed by atoms with Gasteiger partial charge in [-0.1, -0.05) is 0 Å². The molecule has 0 amide bonds. The fraction of sp³-hybridized carbons (Fsp3) is 0.455. The number of fused-ring (bicyclic) bond motifs is 3. The zero-order chi connectivity index (χ0) is 20.5. The molecule has 5 rings (SSSR count). The van der Waals surface area contributed by atoms with Crippen LogP contribution in [0.2, 0.25) is 0 Å². The predicted octanol–water partition coefficient (Wildman–Crippen LogP) is 3.73. The maximum absolute atomic E-state index is 8.94. The Bertz CT molecular complexity index is 1070. The van der Waals surface area contributed by atoms with Crippen molar-refractivity contribution in [2.24, 2.45) is 0 Å². The summed E-state index contributed by atoms with van der Waals surface area (Å²) in [5.74, 6) is 2.33. The molecule has 0 aromatic carbocycles. The topological polar surface area (TPSA) is 106 Å². The van der Waals surface area contributed by atoms with E-state index in [1.807, 2.05) is 37.4 Å². The second-order valence-electron chi connectivity index (χ2n) is 8.33. The van der Waals surface area contributed by atoms with E-state index >= 15 is 0 Å². The highest BCUT2D eigenvalue weighted by molar-refractivity contribution is 5.92. The van der Waals surface area contributed by atoms with E-state index in [4.69, 9.17) is 10.2 Å². The molecule has 0 unspecified atom stereocenters. The first-order valence-electron chi connectivity index (χ1n) is 10.6. The van der Waals surface area contributed by atoms with Gasteiger partial charge in [0.25, 0.3) is 0 Å². The van der Waals surface area contributed by atoms with E-state index in [0.29, 0.717) is 24.5 Å². The molecular formula is C22H26N8. The van der Waals surface area contributed by atoms with Gasteiger partial charge in [-0.2, -0.15) is 10.4 Å². The number of nitriles is 1. The van der Waals surface area contributed by atoms with Crippen molar-refractivity contribution in [3.63, 3.8) is 0 Å². The molecule has 8 nitrogen and oxygen atoms in total. The van der Waals surface area contributed by atoms with E-state index < -0.39 is 0 Å². The number of hydrogen-bond donors (Lipinski definition) is 3. The molecule has 3 aromatic rings. The Hall–Kier alpha value is -3.18. The number of nitrogens with one attached hydrogen (secondary N) is 3. The van der Waals surface area contributed by atoms with Crippen molar-refractivity contribution >= 4 is 28.4 Å². The molecule has 0 spiro atoms. The minimum atomic E-state index is 0.384. The number of rotatable bonds is 6. The lowest BCUT2D eigenvalue weighted by Crippen LogP contribution is -2.47. The van der Waals surface area contributed by atoms with E-state index in [1.54, 1.807) is 0 Å². The zero-order valence-corrected chi connectivity index (χ0v) is 17.1. The Morgan fingerprint density at radius 1 is 1.23 bits per heavy atom. The summed E-state index contributed by atoms with van der Waals surface area (Å²) in [6, 6.07) is 11.7. The monoisotopic (exact) mass is 402 g/mol. The molecule has 3 atom stereocenters. The van der Waals surface area contributed by atoms with Crippen LogP contribution in [0.25, 0.3) is 10.9 Å². The Morgan fingerprint density at radius 3 is 2.80 bits per heavy atom. The normalized spacial score (nSPS) is 23.4. The molecule has 0 saturated carbocycles. The zero-order valence-electron chi connectivity index (χ0n) is 17.1. The van der Waals surface area contributed by atoms with Gasteiger partial charge in [0.15, 0.2) is 5.82 Å². The van der Waals surface area contributed by atoms with E-state index in [2.05, 4.69) is 36.8 Å². The van der Waals surface area contributed by atoms with Gasteiger partial charge in [0.05, 0.1) is 11.6 Å². The van der Waals surface area contributed by atoms with Crippen LogP contribution in [0, 0.1) is 18.3 Å². The van der Waals surface area contributed by atoms with Gasteiger partial charge in [-0.25, -0.2) is 4.98 Å². The summed E-state index contributed by atoms with van der Waals surface area (Å²) in [6.07, 6.45) is 7.06. The highest BCUT2D eigenvalue weighted by atomic mass is 15.2. The first kappa shape index (κ1) is 18.8. The first-order valence-corrected chi connectivity index (χ1v) is 10.6. The van der Waals surface area contributed by atoms with Crippen LogP contribution in [0.1, 0.15) is 37.8 Å². The standard InChI is InChI=1S/C22H26N8/c1-14-10-21(29-28-14)27-22-18-4-2-8-24-19(18)13-20(26-22)25-15-11-16-5-6-17(12-15)30(16)9-3-7-23/h2,4,8,10,13,15-17H,3,5-6,9,11-12H2,1H3,(H3,25,26,27,28,29)/t15-,16-,17+. The molecule has 3 aromatic heterocycles. The van der Waals surface area contributed by atoms with E-state index in [1.165, 1.54) is 12.8 Å². The second-order valence-corrected chi connectivity index (χ2v) is 8.33. The van der Waals surface area contributed by atoms with Crippen LogP contribution in [0.15, 0.2) is 30.5 Å². The van der Waals surface area contributed by atoms with Crippen LogP contribution in [-0.2, 0) is 0 Å². The van der Waals surface area contributed by atoms with Crippen molar-refractivity contribution in [1.82, 2.24) is 25.1 Å². The summed E-state index contributed by atoms with van der Waals surface area (Å²) >= 11 is 0. The predicted molar refractivity (Wildman–Crippen MR) is 117 cm³/mol. The van der Waals surface area contributed by atoms with Gasteiger partial charge in [-0.15, -0.1) is 0 Å². The molecule has 154 valence electrons. The SMILES string of the molecule is Cc1cc(Nc2nc(N[C@@H]3C[C@H]4CC[C@@H](C3)N4CCC#N)cc3ncccc23)n[nH]1. The van der Waals surface area contributed by atoms with Crippen molar-refractivity contribution in [1.29, 1.82) is 5.26 Å². The van der Waals surface area contributed by atoms with E-state index in [9.17, 15) is 0 Å². The molecule has 2 fully saturated rings. The lowest BCUT2D eigenvalue weighted by atomic mass is 9.97. The minimum absolute atomic E-state index is 0.384. The van der Waals surface area contributed by atoms with Gasteiger partial charge in [0, 0.05) is 60.5 Å². The Balaban J connectivity index is 1.37. The summed E-state index contributed by atoms with van der Waals surface area (Å²) in [5, 5.41) is 24.1. The Morgan fingerprint density at radius 2 is 2.07 bits per heavy atom. The number of H-pyrrole nitrogens is 1. The molecule has 2 saturated heterocycles. The van der Waals surface area contributed by atoms with Gasteiger partial charge < -0.3 is 10.6 Å². The van der Waals surface area contributed by atoms with Gasteiger partial charge >= 0.3 is 0 Å². The van der Waals surface area contributed by atoms with Gasteiger partial charge in [-0.3, -0.25) is 15.0 Å². The summed E-state index contributed by atoms with van der Waals surface area (Å²) in [4.78, 5) is 12.0. The molecule has 2 aliphatic rings. The smallest absolute Gasteiger partial charge is 0.153 e. The molecule has 5 heterocycles. The minimum Gasteiger partial charge on any atom is -0.367 e. The molecule has 30 heavy (non-hydrogen) atoms. The molecule has 3 N–H and O–H groups in total. The lowest BCUT2D eigenvalue weighted by molar-refractivity contribution is 0.136. The third kappa shape index (κ3) is 3.68. The average molecular weight is 403 g/mol. The number of aromatic nitrogens is 4. The van der Waals surface area contributed by atoms with Crippen LogP contribution < -0.4 is 10.6 Å². The summed E-state index contributed by atoms with van der Waals surface area (Å²) in [5.41, 5.74) is 1.90. The quantitative estimate of drug-likeness (QED) is 0.577. The fourth-order valence-corrected chi connectivity index (χ4v) is 4.99. The van der Waals surface area contributed by atoms with Crippen molar-refractivity contribution in [3.8, 4) is 6.07 Å². The second kappa shape index (κ2) is 7.92. The van der Waals surface area contributed by atoms with Crippen molar-refractivity contribution in [2.45, 2.75) is 57.2 Å². The van der Waals surface area contributed by atoms with Crippen LogP contribution >= 0.6 is 0 Å². The molecule has 8 heteroatoms. The largest absolute Gasteiger partial charge is 0.367 e. The number of aryl methyl sites for hydroxylation is 1. The lowest BCUT2D eigenvalue weighted by Gasteiger charge is -2.39. The van der Waals surface area contributed by atoms with E-state index in [0.717, 1.165) is 53.4 Å². The molecule has 2 bridgehead atoms.